The largest absolute Gasteiger partial charge is 0.462 e. The number of hydrogen-bond donors (Lipinski definition) is 0. The first-order valence-corrected chi connectivity index (χ1v) is 8.29. The van der Waals surface area contributed by atoms with Crippen LogP contribution in [0.2, 0.25) is 0 Å². The third-order valence-corrected chi connectivity index (χ3v) is 3.75. The van der Waals surface area contributed by atoms with Crippen molar-refractivity contribution < 1.29 is 19.1 Å². The molecular weight excluding hydrogens is 292 g/mol. The van der Waals surface area contributed by atoms with E-state index in [0.29, 0.717) is 23.7 Å². The van der Waals surface area contributed by atoms with Gasteiger partial charge in [0.05, 0.1) is 17.7 Å². The zero-order valence-corrected chi connectivity index (χ0v) is 14.8. The monoisotopic (exact) mass is 320 g/mol. The summed E-state index contributed by atoms with van der Waals surface area (Å²) in [6, 6.07) is 6.39. The highest BCUT2D eigenvalue weighted by Gasteiger charge is 2.15. The maximum atomic E-state index is 12.0. The lowest BCUT2D eigenvalue weighted by Crippen LogP contribution is -2.20. The standard InChI is InChI=1S/C19H28O4/c1-13(2)7-6-12-22-18(20)16-8-10-17(11-9-16)19(21)23-15(5)14(3)4/h8-11,13-15H,6-7,12H2,1-5H3. The summed E-state index contributed by atoms with van der Waals surface area (Å²) < 4.78 is 10.6. The molecule has 1 unspecified atom stereocenters. The van der Waals surface area contributed by atoms with Gasteiger partial charge < -0.3 is 9.47 Å². The predicted octanol–water partition coefficient (Wildman–Crippen LogP) is 4.48. The molecule has 0 aliphatic heterocycles. The highest BCUT2D eigenvalue weighted by Crippen LogP contribution is 2.12. The van der Waals surface area contributed by atoms with Crippen LogP contribution in [0.25, 0.3) is 0 Å². The number of hydrogen-bond acceptors (Lipinski definition) is 4. The van der Waals surface area contributed by atoms with E-state index < -0.39 is 0 Å². The van der Waals surface area contributed by atoms with Crippen molar-refractivity contribution >= 4 is 11.9 Å². The van der Waals surface area contributed by atoms with Crippen LogP contribution in [0, 0.1) is 11.8 Å². The second-order valence-corrected chi connectivity index (χ2v) is 6.60. The zero-order valence-electron chi connectivity index (χ0n) is 14.8. The van der Waals surface area contributed by atoms with Crippen LogP contribution < -0.4 is 0 Å². The van der Waals surface area contributed by atoms with Crippen molar-refractivity contribution in [2.45, 2.75) is 53.6 Å². The van der Waals surface area contributed by atoms with E-state index in [1.807, 2.05) is 20.8 Å². The topological polar surface area (TPSA) is 52.6 Å². The molecule has 0 saturated carbocycles. The molecule has 1 rings (SSSR count). The van der Waals surface area contributed by atoms with Gasteiger partial charge in [-0.05, 0) is 55.9 Å². The third kappa shape index (κ3) is 6.85. The number of esters is 2. The van der Waals surface area contributed by atoms with Gasteiger partial charge >= 0.3 is 11.9 Å². The summed E-state index contributed by atoms with van der Waals surface area (Å²) in [6.07, 6.45) is 1.75. The SMILES string of the molecule is CC(C)CCCOC(=O)c1ccc(C(=O)OC(C)C(C)C)cc1. The number of carbonyl (C=O) groups excluding carboxylic acids is 2. The molecule has 0 aliphatic rings. The summed E-state index contributed by atoms with van der Waals surface area (Å²) in [5, 5.41) is 0. The summed E-state index contributed by atoms with van der Waals surface area (Å²) in [5.74, 6) is 0.138. The van der Waals surface area contributed by atoms with Crippen molar-refractivity contribution in [3.05, 3.63) is 35.4 Å². The van der Waals surface area contributed by atoms with Crippen LogP contribution >= 0.6 is 0 Å². The number of ether oxygens (including phenoxy) is 2. The number of carbonyl (C=O) groups is 2. The molecule has 4 heteroatoms. The maximum absolute atomic E-state index is 12.0. The van der Waals surface area contributed by atoms with Gasteiger partial charge in [0.1, 0.15) is 6.10 Å². The Morgan fingerprint density at radius 1 is 0.913 bits per heavy atom. The lowest BCUT2D eigenvalue weighted by Gasteiger charge is -2.16. The minimum Gasteiger partial charge on any atom is -0.462 e. The molecule has 0 aromatic heterocycles. The molecule has 0 bridgehead atoms. The second kappa shape index (κ2) is 9.33. The first-order chi connectivity index (χ1) is 10.8. The Hall–Kier alpha value is -1.84. The van der Waals surface area contributed by atoms with Crippen LogP contribution in [0.3, 0.4) is 0 Å². The van der Waals surface area contributed by atoms with E-state index in [4.69, 9.17) is 9.47 Å². The molecule has 4 nitrogen and oxygen atoms in total. The molecule has 128 valence electrons. The Morgan fingerprint density at radius 3 is 1.91 bits per heavy atom. The van der Waals surface area contributed by atoms with Crippen LogP contribution in [-0.4, -0.2) is 24.6 Å². The number of benzene rings is 1. The summed E-state index contributed by atoms with van der Waals surface area (Å²) in [6.45, 7) is 10.6. The number of rotatable bonds is 8. The van der Waals surface area contributed by atoms with Gasteiger partial charge in [-0.15, -0.1) is 0 Å². The molecule has 0 aliphatic carbocycles. The van der Waals surface area contributed by atoms with Crippen molar-refractivity contribution in [1.29, 1.82) is 0 Å². The molecule has 1 atom stereocenters. The van der Waals surface area contributed by atoms with Crippen molar-refractivity contribution in [3.8, 4) is 0 Å². The van der Waals surface area contributed by atoms with Gasteiger partial charge in [-0.2, -0.15) is 0 Å². The lowest BCUT2D eigenvalue weighted by atomic mass is 10.1. The van der Waals surface area contributed by atoms with Crippen LogP contribution in [-0.2, 0) is 9.47 Å². The smallest absolute Gasteiger partial charge is 0.338 e. The van der Waals surface area contributed by atoms with E-state index in [0.717, 1.165) is 12.8 Å². The van der Waals surface area contributed by atoms with Gasteiger partial charge in [0.15, 0.2) is 0 Å². The van der Waals surface area contributed by atoms with Crippen molar-refractivity contribution in [2.24, 2.45) is 11.8 Å². The van der Waals surface area contributed by atoms with Gasteiger partial charge in [0.2, 0.25) is 0 Å². The summed E-state index contributed by atoms with van der Waals surface area (Å²) in [5.41, 5.74) is 0.886. The van der Waals surface area contributed by atoms with E-state index in [1.54, 1.807) is 24.3 Å². The Labute approximate surface area is 139 Å². The predicted molar refractivity (Wildman–Crippen MR) is 90.5 cm³/mol. The average molecular weight is 320 g/mol. The highest BCUT2D eigenvalue weighted by molar-refractivity contribution is 5.93. The van der Waals surface area contributed by atoms with E-state index in [-0.39, 0.29) is 24.0 Å². The molecule has 1 aromatic rings. The molecule has 0 N–H and O–H groups in total. The lowest BCUT2D eigenvalue weighted by molar-refractivity contribution is 0.0237. The fraction of sp³-hybridized carbons (Fsp3) is 0.579. The molecule has 0 heterocycles. The molecular formula is C19H28O4. The molecule has 23 heavy (non-hydrogen) atoms. The van der Waals surface area contributed by atoms with Crippen molar-refractivity contribution in [3.63, 3.8) is 0 Å². The van der Waals surface area contributed by atoms with Gasteiger partial charge in [-0.3, -0.25) is 0 Å². The van der Waals surface area contributed by atoms with Gasteiger partial charge in [-0.25, -0.2) is 9.59 Å². The second-order valence-electron chi connectivity index (χ2n) is 6.60. The highest BCUT2D eigenvalue weighted by atomic mass is 16.5. The normalized spacial score (nSPS) is 12.3. The average Bonchev–Trinajstić information content (AvgIpc) is 2.51. The molecule has 0 amide bonds. The van der Waals surface area contributed by atoms with Gasteiger partial charge in [0, 0.05) is 0 Å². The molecule has 0 spiro atoms. The molecule has 1 aromatic carbocycles. The fourth-order valence-electron chi connectivity index (χ4n) is 1.86. The van der Waals surface area contributed by atoms with E-state index in [9.17, 15) is 9.59 Å². The molecule has 0 fully saturated rings. The van der Waals surface area contributed by atoms with E-state index >= 15 is 0 Å². The van der Waals surface area contributed by atoms with E-state index in [2.05, 4.69) is 13.8 Å². The van der Waals surface area contributed by atoms with E-state index in [1.165, 1.54) is 0 Å². The molecule has 0 saturated heterocycles. The van der Waals surface area contributed by atoms with Crippen LogP contribution in [0.5, 0.6) is 0 Å². The first kappa shape index (κ1) is 19.2. The van der Waals surface area contributed by atoms with Crippen molar-refractivity contribution in [2.75, 3.05) is 6.61 Å². The zero-order chi connectivity index (χ0) is 17.4. The maximum Gasteiger partial charge on any atom is 0.338 e. The Morgan fingerprint density at radius 2 is 1.43 bits per heavy atom. The van der Waals surface area contributed by atoms with Crippen LogP contribution in [0.1, 0.15) is 68.2 Å². The first-order valence-electron chi connectivity index (χ1n) is 8.29. The summed E-state index contributed by atoms with van der Waals surface area (Å²) in [7, 11) is 0. The molecule has 0 radical (unpaired) electrons. The van der Waals surface area contributed by atoms with Crippen molar-refractivity contribution in [1.82, 2.24) is 0 Å². The van der Waals surface area contributed by atoms with Gasteiger partial charge in [0.25, 0.3) is 0 Å². The summed E-state index contributed by atoms with van der Waals surface area (Å²) in [4.78, 5) is 23.9. The fourth-order valence-corrected chi connectivity index (χ4v) is 1.86. The van der Waals surface area contributed by atoms with Crippen LogP contribution in [0.15, 0.2) is 24.3 Å². The minimum atomic E-state index is -0.372. The minimum absolute atomic E-state index is 0.145. The Balaban J connectivity index is 2.52. The summed E-state index contributed by atoms with van der Waals surface area (Å²) >= 11 is 0. The van der Waals surface area contributed by atoms with Gasteiger partial charge in [-0.1, -0.05) is 27.7 Å². The quantitative estimate of drug-likeness (QED) is 0.523. The Bertz CT molecular complexity index is 503. The Kier molecular flexibility index (Phi) is 7.79. The van der Waals surface area contributed by atoms with Crippen LogP contribution in [0.4, 0.5) is 0 Å². The third-order valence-electron chi connectivity index (χ3n) is 3.75.